The Morgan fingerprint density at radius 1 is 1.16 bits per heavy atom. The standard InChI is InChI=1S/C18H16BrN3O3/c1-23-15-6-9(5-13(19)17(15)24-2)16-11-4-3-10(21)7-14(11)25-18(22)12(16)8-20/h3-7,16H,21-22H2,1-2H3/t16-/m1/s1. The van der Waals surface area contributed by atoms with Crippen LogP contribution in [0.2, 0.25) is 0 Å². The van der Waals surface area contributed by atoms with Crippen molar-refractivity contribution in [3.63, 3.8) is 0 Å². The van der Waals surface area contributed by atoms with E-state index in [0.717, 1.165) is 11.1 Å². The van der Waals surface area contributed by atoms with Crippen molar-refractivity contribution in [2.24, 2.45) is 5.73 Å². The molecule has 25 heavy (non-hydrogen) atoms. The van der Waals surface area contributed by atoms with Crippen molar-refractivity contribution in [2.75, 3.05) is 20.0 Å². The average molecular weight is 402 g/mol. The van der Waals surface area contributed by atoms with Crippen LogP contribution in [0.3, 0.4) is 0 Å². The number of nitrogen functional groups attached to an aromatic ring is 1. The highest BCUT2D eigenvalue weighted by Crippen LogP contribution is 2.46. The van der Waals surface area contributed by atoms with E-state index in [1.807, 2.05) is 18.2 Å². The van der Waals surface area contributed by atoms with Gasteiger partial charge in [0.15, 0.2) is 11.5 Å². The SMILES string of the molecule is COc1cc([C@H]2C(C#N)=C(N)Oc3cc(N)ccc32)cc(Br)c1OC. The number of halogens is 1. The summed E-state index contributed by atoms with van der Waals surface area (Å²) in [5.41, 5.74) is 14.3. The number of fused-ring (bicyclic) bond motifs is 1. The molecule has 0 amide bonds. The number of ether oxygens (including phenoxy) is 3. The number of hydrogen-bond donors (Lipinski definition) is 2. The Labute approximate surface area is 153 Å². The van der Waals surface area contributed by atoms with Crippen molar-refractivity contribution < 1.29 is 14.2 Å². The molecule has 0 saturated heterocycles. The van der Waals surface area contributed by atoms with Gasteiger partial charge in [-0.3, -0.25) is 0 Å². The first-order valence-corrected chi connectivity index (χ1v) is 8.17. The molecule has 0 radical (unpaired) electrons. The van der Waals surface area contributed by atoms with Crippen LogP contribution in [0.5, 0.6) is 17.2 Å². The van der Waals surface area contributed by atoms with Gasteiger partial charge >= 0.3 is 0 Å². The summed E-state index contributed by atoms with van der Waals surface area (Å²) in [7, 11) is 3.12. The van der Waals surface area contributed by atoms with Crippen molar-refractivity contribution in [2.45, 2.75) is 5.92 Å². The van der Waals surface area contributed by atoms with Gasteiger partial charge in [0, 0.05) is 17.3 Å². The van der Waals surface area contributed by atoms with Crippen molar-refractivity contribution >= 4 is 21.6 Å². The molecule has 1 aliphatic heterocycles. The second-order valence-electron chi connectivity index (χ2n) is 5.46. The van der Waals surface area contributed by atoms with E-state index in [0.29, 0.717) is 33.0 Å². The van der Waals surface area contributed by atoms with E-state index in [-0.39, 0.29) is 5.88 Å². The van der Waals surface area contributed by atoms with Gasteiger partial charge in [0.2, 0.25) is 5.88 Å². The number of rotatable bonds is 3. The molecular formula is C18H16BrN3O3. The maximum absolute atomic E-state index is 9.61. The third kappa shape index (κ3) is 2.85. The third-order valence-corrected chi connectivity index (χ3v) is 4.62. The van der Waals surface area contributed by atoms with Gasteiger partial charge < -0.3 is 25.7 Å². The largest absolute Gasteiger partial charge is 0.493 e. The molecule has 1 heterocycles. The molecule has 0 bridgehead atoms. The Bertz CT molecular complexity index is 919. The highest BCUT2D eigenvalue weighted by Gasteiger charge is 2.31. The third-order valence-electron chi connectivity index (χ3n) is 4.03. The predicted octanol–water partition coefficient (Wildman–Crippen LogP) is 3.27. The summed E-state index contributed by atoms with van der Waals surface area (Å²) in [6.07, 6.45) is 0. The van der Waals surface area contributed by atoms with Crippen LogP contribution in [0.1, 0.15) is 17.0 Å². The van der Waals surface area contributed by atoms with Crippen LogP contribution in [-0.2, 0) is 0 Å². The number of benzene rings is 2. The predicted molar refractivity (Wildman–Crippen MR) is 97.4 cm³/mol. The Morgan fingerprint density at radius 2 is 1.92 bits per heavy atom. The topological polar surface area (TPSA) is 104 Å². The summed E-state index contributed by atoms with van der Waals surface area (Å²) in [5, 5.41) is 9.61. The molecule has 7 heteroatoms. The van der Waals surface area contributed by atoms with Crippen molar-refractivity contribution in [1.82, 2.24) is 0 Å². The van der Waals surface area contributed by atoms with E-state index in [2.05, 4.69) is 22.0 Å². The molecule has 3 rings (SSSR count). The fourth-order valence-corrected chi connectivity index (χ4v) is 3.54. The van der Waals surface area contributed by atoms with Crippen LogP contribution in [-0.4, -0.2) is 14.2 Å². The number of allylic oxidation sites excluding steroid dienone is 1. The lowest BCUT2D eigenvalue weighted by molar-refractivity contribution is 0.352. The normalized spacial score (nSPS) is 15.8. The van der Waals surface area contributed by atoms with Gasteiger partial charge in [-0.25, -0.2) is 0 Å². The van der Waals surface area contributed by atoms with Gasteiger partial charge in [-0.2, -0.15) is 5.26 Å². The van der Waals surface area contributed by atoms with Crippen LogP contribution in [0.15, 0.2) is 46.3 Å². The Hall–Kier alpha value is -2.85. The molecular weight excluding hydrogens is 386 g/mol. The maximum atomic E-state index is 9.61. The lowest BCUT2D eigenvalue weighted by Gasteiger charge is -2.27. The van der Waals surface area contributed by atoms with Crippen molar-refractivity contribution in [1.29, 1.82) is 5.26 Å². The zero-order valence-corrected chi connectivity index (χ0v) is 15.3. The highest BCUT2D eigenvalue weighted by molar-refractivity contribution is 9.10. The fraction of sp³-hybridized carbons (Fsp3) is 0.167. The minimum Gasteiger partial charge on any atom is -0.493 e. The molecule has 4 N–H and O–H groups in total. The second-order valence-corrected chi connectivity index (χ2v) is 6.31. The summed E-state index contributed by atoms with van der Waals surface area (Å²) in [4.78, 5) is 0. The minimum absolute atomic E-state index is 0.0662. The van der Waals surface area contributed by atoms with Crippen LogP contribution >= 0.6 is 15.9 Å². The molecule has 128 valence electrons. The van der Waals surface area contributed by atoms with Gasteiger partial charge in [0.05, 0.1) is 24.6 Å². The summed E-state index contributed by atoms with van der Waals surface area (Å²) >= 11 is 3.49. The lowest BCUT2D eigenvalue weighted by Crippen LogP contribution is -2.21. The first-order chi connectivity index (χ1) is 12.0. The lowest BCUT2D eigenvalue weighted by atomic mass is 9.83. The van der Waals surface area contributed by atoms with E-state index in [9.17, 15) is 5.26 Å². The fourth-order valence-electron chi connectivity index (χ4n) is 2.92. The number of anilines is 1. The van der Waals surface area contributed by atoms with Gasteiger partial charge in [-0.05, 0) is 39.7 Å². The second kappa shape index (κ2) is 6.57. The van der Waals surface area contributed by atoms with Crippen LogP contribution in [0.4, 0.5) is 5.69 Å². The monoisotopic (exact) mass is 401 g/mol. The zero-order valence-electron chi connectivity index (χ0n) is 13.7. The number of methoxy groups -OCH3 is 2. The summed E-state index contributed by atoms with van der Waals surface area (Å²) < 4.78 is 17.1. The quantitative estimate of drug-likeness (QED) is 0.764. The summed E-state index contributed by atoms with van der Waals surface area (Å²) in [6.45, 7) is 0. The number of hydrogen-bond acceptors (Lipinski definition) is 6. The molecule has 0 unspecified atom stereocenters. The van der Waals surface area contributed by atoms with Crippen molar-refractivity contribution in [3.8, 4) is 23.3 Å². The molecule has 1 atom stereocenters. The molecule has 2 aromatic rings. The van der Waals surface area contributed by atoms with Crippen molar-refractivity contribution in [3.05, 3.63) is 57.4 Å². The van der Waals surface area contributed by atoms with Crippen LogP contribution < -0.4 is 25.7 Å². The van der Waals surface area contributed by atoms with Crippen LogP contribution in [0.25, 0.3) is 0 Å². The number of nitriles is 1. The van der Waals surface area contributed by atoms with E-state index < -0.39 is 5.92 Å². The Balaban J connectivity index is 2.25. The van der Waals surface area contributed by atoms with Gasteiger partial charge in [0.25, 0.3) is 0 Å². The van der Waals surface area contributed by atoms with Gasteiger partial charge in [-0.1, -0.05) is 6.07 Å². The van der Waals surface area contributed by atoms with E-state index in [1.54, 1.807) is 26.4 Å². The molecule has 0 aliphatic carbocycles. The van der Waals surface area contributed by atoms with Gasteiger partial charge in [0.1, 0.15) is 17.4 Å². The highest BCUT2D eigenvalue weighted by atomic mass is 79.9. The molecule has 1 aliphatic rings. The van der Waals surface area contributed by atoms with Crippen LogP contribution in [0, 0.1) is 11.3 Å². The van der Waals surface area contributed by atoms with E-state index in [1.165, 1.54) is 0 Å². The molecule has 0 aromatic heterocycles. The smallest absolute Gasteiger partial charge is 0.205 e. The Kier molecular flexibility index (Phi) is 4.47. The molecule has 6 nitrogen and oxygen atoms in total. The molecule has 0 saturated carbocycles. The zero-order chi connectivity index (χ0) is 18.1. The first kappa shape index (κ1) is 17.0. The van der Waals surface area contributed by atoms with Gasteiger partial charge in [-0.15, -0.1) is 0 Å². The minimum atomic E-state index is -0.398. The first-order valence-electron chi connectivity index (χ1n) is 7.38. The molecule has 0 fully saturated rings. The summed E-state index contributed by atoms with van der Waals surface area (Å²) in [5.74, 6) is 1.33. The number of nitrogens with zero attached hydrogens (tertiary/aromatic N) is 1. The number of nitrogens with two attached hydrogens (primary N) is 2. The Morgan fingerprint density at radius 3 is 2.56 bits per heavy atom. The summed E-state index contributed by atoms with van der Waals surface area (Å²) in [6, 6.07) is 11.2. The average Bonchev–Trinajstić information content (AvgIpc) is 2.59. The molecule has 0 spiro atoms. The van der Waals surface area contributed by atoms with E-state index >= 15 is 0 Å². The maximum Gasteiger partial charge on any atom is 0.205 e. The molecule has 2 aromatic carbocycles. The van der Waals surface area contributed by atoms with E-state index in [4.69, 9.17) is 25.7 Å².